The number of allylic oxidation sites excluding steroid dienone is 1. The fraction of sp³-hybridized carbons (Fsp3) is 0.250. The van der Waals surface area contributed by atoms with Crippen LogP contribution in [0.1, 0.15) is 20.7 Å². The van der Waals surface area contributed by atoms with Crippen molar-refractivity contribution in [1.29, 1.82) is 0 Å². The van der Waals surface area contributed by atoms with Crippen LogP contribution in [-0.2, 0) is 4.43 Å². The van der Waals surface area contributed by atoms with Crippen molar-refractivity contribution in [2.45, 2.75) is 19.6 Å². The van der Waals surface area contributed by atoms with Gasteiger partial charge in [0, 0.05) is 6.54 Å². The highest BCUT2D eigenvalue weighted by Crippen LogP contribution is 2.22. The zero-order valence-corrected chi connectivity index (χ0v) is 13.6. The molecule has 1 aliphatic heterocycles. The second-order valence-electron chi connectivity index (χ2n) is 5.85. The van der Waals surface area contributed by atoms with E-state index in [1.165, 1.54) is 4.90 Å². The van der Waals surface area contributed by atoms with Gasteiger partial charge in [-0.3, -0.25) is 14.5 Å². The summed E-state index contributed by atoms with van der Waals surface area (Å²) in [4.78, 5) is 25.5. The van der Waals surface area contributed by atoms with Crippen molar-refractivity contribution in [3.05, 3.63) is 59.9 Å². The zero-order valence-electron chi connectivity index (χ0n) is 12.6. The predicted molar refractivity (Wildman–Crippen MR) is 84.5 cm³/mol. The number of amides is 2. The van der Waals surface area contributed by atoms with Crippen LogP contribution in [0.2, 0.25) is 19.6 Å². The highest BCUT2D eigenvalue weighted by molar-refractivity contribution is 6.70. The lowest BCUT2D eigenvalue weighted by Crippen LogP contribution is -2.29. The fourth-order valence-corrected chi connectivity index (χ4v) is 2.98. The summed E-state index contributed by atoms with van der Waals surface area (Å²) < 4.78 is 5.69. The van der Waals surface area contributed by atoms with Gasteiger partial charge in [0.25, 0.3) is 11.8 Å². The van der Waals surface area contributed by atoms with Gasteiger partial charge in [0.1, 0.15) is 0 Å². The third-order valence-corrected chi connectivity index (χ3v) is 3.78. The summed E-state index contributed by atoms with van der Waals surface area (Å²) in [5, 5.41) is 0. The van der Waals surface area contributed by atoms with Gasteiger partial charge in [-0.15, -0.1) is 0 Å². The number of imide groups is 1. The van der Waals surface area contributed by atoms with Crippen LogP contribution in [0.3, 0.4) is 0 Å². The first-order chi connectivity index (χ1) is 9.79. The molecule has 2 rings (SSSR count). The number of carbonyl (C=O) groups excluding carboxylic acids is 2. The van der Waals surface area contributed by atoms with Crippen molar-refractivity contribution in [3.63, 3.8) is 0 Å². The van der Waals surface area contributed by atoms with E-state index in [4.69, 9.17) is 4.43 Å². The SMILES string of the molecule is C=C(/C=C/CN1C(=O)c2ccccc2C1=O)O[Si](C)(C)C. The van der Waals surface area contributed by atoms with Crippen LogP contribution in [0.5, 0.6) is 0 Å². The van der Waals surface area contributed by atoms with E-state index < -0.39 is 8.32 Å². The average Bonchev–Trinajstić information content (AvgIpc) is 2.62. The van der Waals surface area contributed by atoms with E-state index in [-0.39, 0.29) is 18.4 Å². The molecule has 4 nitrogen and oxygen atoms in total. The van der Waals surface area contributed by atoms with E-state index in [0.29, 0.717) is 16.9 Å². The molecule has 1 aliphatic rings. The van der Waals surface area contributed by atoms with E-state index in [1.54, 1.807) is 36.4 Å². The van der Waals surface area contributed by atoms with Crippen LogP contribution in [0.25, 0.3) is 0 Å². The largest absolute Gasteiger partial charge is 0.545 e. The molecule has 0 unspecified atom stereocenters. The molecule has 0 saturated carbocycles. The second kappa shape index (κ2) is 5.69. The van der Waals surface area contributed by atoms with Crippen molar-refractivity contribution < 1.29 is 14.0 Å². The minimum Gasteiger partial charge on any atom is -0.545 e. The van der Waals surface area contributed by atoms with Crippen molar-refractivity contribution in [1.82, 2.24) is 4.90 Å². The third kappa shape index (κ3) is 3.49. The number of carbonyl (C=O) groups is 2. The summed E-state index contributed by atoms with van der Waals surface area (Å²) >= 11 is 0. The molecule has 0 atom stereocenters. The molecule has 0 bridgehead atoms. The fourth-order valence-electron chi connectivity index (χ4n) is 2.12. The minimum atomic E-state index is -1.68. The summed E-state index contributed by atoms with van der Waals surface area (Å²) in [6, 6.07) is 6.86. The first-order valence-corrected chi connectivity index (χ1v) is 10.2. The molecular weight excluding hydrogens is 282 g/mol. The van der Waals surface area contributed by atoms with Gasteiger partial charge in [0.2, 0.25) is 8.32 Å². The smallest absolute Gasteiger partial charge is 0.261 e. The molecule has 0 aliphatic carbocycles. The highest BCUT2D eigenvalue weighted by Gasteiger charge is 2.34. The van der Waals surface area contributed by atoms with Crippen molar-refractivity contribution in [2.75, 3.05) is 6.54 Å². The Morgan fingerprint density at radius 3 is 2.19 bits per heavy atom. The Kier molecular flexibility index (Phi) is 4.13. The van der Waals surface area contributed by atoms with Crippen molar-refractivity contribution in [3.8, 4) is 0 Å². The normalized spacial score (nSPS) is 14.7. The van der Waals surface area contributed by atoms with Crippen molar-refractivity contribution in [2.24, 2.45) is 0 Å². The van der Waals surface area contributed by atoms with Gasteiger partial charge in [-0.25, -0.2) is 0 Å². The van der Waals surface area contributed by atoms with E-state index in [2.05, 4.69) is 26.2 Å². The Labute approximate surface area is 125 Å². The van der Waals surface area contributed by atoms with E-state index in [0.717, 1.165) is 0 Å². The first kappa shape index (κ1) is 15.2. The summed E-state index contributed by atoms with van der Waals surface area (Å²) in [5.74, 6) is 0.0553. The molecule has 0 N–H and O–H groups in total. The molecule has 5 heteroatoms. The van der Waals surface area contributed by atoms with E-state index >= 15 is 0 Å². The Hall–Kier alpha value is -2.14. The molecule has 110 valence electrons. The Bertz CT molecular complexity index is 594. The number of rotatable bonds is 5. The van der Waals surface area contributed by atoms with Gasteiger partial charge >= 0.3 is 0 Å². The topological polar surface area (TPSA) is 46.6 Å². The number of benzene rings is 1. The second-order valence-corrected chi connectivity index (χ2v) is 10.3. The van der Waals surface area contributed by atoms with E-state index in [9.17, 15) is 9.59 Å². The molecule has 2 amide bonds. The highest BCUT2D eigenvalue weighted by atomic mass is 28.4. The maximum absolute atomic E-state index is 12.1. The molecular formula is C16H19NO3Si. The van der Waals surface area contributed by atoms with Gasteiger partial charge in [-0.2, -0.15) is 0 Å². The maximum atomic E-state index is 12.1. The van der Waals surface area contributed by atoms with Gasteiger partial charge in [0.15, 0.2) is 0 Å². The molecule has 1 aromatic carbocycles. The lowest BCUT2D eigenvalue weighted by Gasteiger charge is -2.19. The molecule has 0 saturated heterocycles. The number of hydrogen-bond donors (Lipinski definition) is 0. The van der Waals surface area contributed by atoms with Crippen molar-refractivity contribution >= 4 is 20.1 Å². The monoisotopic (exact) mass is 301 g/mol. The van der Waals surface area contributed by atoms with Gasteiger partial charge in [0.05, 0.1) is 16.9 Å². The summed E-state index contributed by atoms with van der Waals surface area (Å²) in [6.45, 7) is 10.2. The lowest BCUT2D eigenvalue weighted by atomic mass is 10.1. The molecule has 0 fully saturated rings. The molecule has 0 aromatic heterocycles. The molecule has 21 heavy (non-hydrogen) atoms. The molecule has 1 heterocycles. The third-order valence-electron chi connectivity index (χ3n) is 2.91. The number of fused-ring (bicyclic) bond motifs is 1. The summed E-state index contributed by atoms with van der Waals surface area (Å²) in [6.07, 6.45) is 3.44. The van der Waals surface area contributed by atoms with E-state index in [1.807, 2.05) is 0 Å². The Morgan fingerprint density at radius 1 is 1.19 bits per heavy atom. The van der Waals surface area contributed by atoms with Crippen LogP contribution in [0, 0.1) is 0 Å². The van der Waals surface area contributed by atoms with Gasteiger partial charge in [-0.1, -0.05) is 24.8 Å². The van der Waals surface area contributed by atoms with Crippen LogP contribution in [0.4, 0.5) is 0 Å². The quantitative estimate of drug-likeness (QED) is 0.363. The summed E-state index contributed by atoms with van der Waals surface area (Å²) in [5.41, 5.74) is 0.932. The van der Waals surface area contributed by atoms with Crippen LogP contribution in [0.15, 0.2) is 48.8 Å². The summed E-state index contributed by atoms with van der Waals surface area (Å²) in [7, 11) is -1.68. The molecule has 1 aromatic rings. The van der Waals surface area contributed by atoms with Gasteiger partial charge < -0.3 is 4.43 Å². The molecule has 0 radical (unpaired) electrons. The lowest BCUT2D eigenvalue weighted by molar-refractivity contribution is 0.0672. The van der Waals surface area contributed by atoms with Crippen LogP contribution >= 0.6 is 0 Å². The predicted octanol–water partition coefficient (Wildman–Crippen LogP) is 3.20. The number of nitrogens with zero attached hydrogens (tertiary/aromatic N) is 1. The maximum Gasteiger partial charge on any atom is 0.261 e. The van der Waals surface area contributed by atoms with Crippen LogP contribution in [-0.4, -0.2) is 31.6 Å². The minimum absolute atomic E-state index is 0.223. The Balaban J connectivity index is 2.01. The van der Waals surface area contributed by atoms with Crippen LogP contribution < -0.4 is 0 Å². The Morgan fingerprint density at radius 2 is 1.71 bits per heavy atom. The molecule has 0 spiro atoms. The van der Waals surface area contributed by atoms with Gasteiger partial charge in [-0.05, 0) is 37.8 Å². The average molecular weight is 301 g/mol. The zero-order chi connectivity index (χ0) is 15.6. The number of hydrogen-bond acceptors (Lipinski definition) is 3. The standard InChI is InChI=1S/C16H19NO3Si/c1-12(20-21(2,3)4)8-7-11-17-15(18)13-9-5-6-10-14(13)16(17)19/h5-10H,1,11H2,2-4H3/b8-7+. The first-order valence-electron chi connectivity index (χ1n) is 6.79.